The van der Waals surface area contributed by atoms with Crippen LogP contribution in [0.2, 0.25) is 0 Å². The Kier molecular flexibility index (Phi) is 5.27. The van der Waals surface area contributed by atoms with E-state index in [1.165, 1.54) is 0 Å². The van der Waals surface area contributed by atoms with Crippen molar-refractivity contribution in [2.24, 2.45) is 5.92 Å². The summed E-state index contributed by atoms with van der Waals surface area (Å²) in [6.07, 6.45) is 2.54. The fourth-order valence-corrected chi connectivity index (χ4v) is 1.99. The molecule has 0 aliphatic carbocycles. The van der Waals surface area contributed by atoms with Gasteiger partial charge in [-0.2, -0.15) is 5.26 Å². The largest absolute Gasteiger partial charge is 0.353 e. The molecule has 1 heterocycles. The van der Waals surface area contributed by atoms with Crippen molar-refractivity contribution in [3.8, 4) is 6.07 Å². The second-order valence-electron chi connectivity index (χ2n) is 4.87. The van der Waals surface area contributed by atoms with Crippen LogP contribution in [0.3, 0.4) is 0 Å². The van der Waals surface area contributed by atoms with E-state index >= 15 is 0 Å². The van der Waals surface area contributed by atoms with Crippen LogP contribution >= 0.6 is 0 Å². The quantitative estimate of drug-likeness (QED) is 0.727. The first-order valence-corrected chi connectivity index (χ1v) is 6.00. The molecule has 1 N–H and O–H groups in total. The lowest BCUT2D eigenvalue weighted by molar-refractivity contribution is -0.122. The monoisotopic (exact) mass is 223 g/mol. The summed E-state index contributed by atoms with van der Waals surface area (Å²) >= 11 is 0. The molecule has 1 amide bonds. The van der Waals surface area contributed by atoms with Gasteiger partial charge in [0.05, 0.1) is 12.6 Å². The van der Waals surface area contributed by atoms with Crippen LogP contribution < -0.4 is 5.32 Å². The first kappa shape index (κ1) is 13.0. The molecule has 1 fully saturated rings. The Hall–Kier alpha value is -1.08. The number of nitrogens with one attached hydrogen (secondary N) is 1. The molecule has 0 spiro atoms. The van der Waals surface area contributed by atoms with E-state index in [2.05, 4.69) is 30.1 Å². The van der Waals surface area contributed by atoms with E-state index in [0.29, 0.717) is 24.9 Å². The van der Waals surface area contributed by atoms with Crippen molar-refractivity contribution in [2.45, 2.75) is 39.2 Å². The van der Waals surface area contributed by atoms with E-state index in [-0.39, 0.29) is 5.91 Å². The molecular formula is C12H21N3O. The normalized spacial score (nSPS) is 18.4. The summed E-state index contributed by atoms with van der Waals surface area (Å²) < 4.78 is 0. The third-order valence-electron chi connectivity index (χ3n) is 2.84. The van der Waals surface area contributed by atoms with Crippen molar-refractivity contribution in [3.63, 3.8) is 0 Å². The predicted molar refractivity (Wildman–Crippen MR) is 62.7 cm³/mol. The first-order chi connectivity index (χ1) is 7.61. The molecule has 0 aromatic rings. The summed E-state index contributed by atoms with van der Waals surface area (Å²) in [7, 11) is 0. The average Bonchev–Trinajstić information content (AvgIpc) is 2.20. The van der Waals surface area contributed by atoms with Gasteiger partial charge in [0.1, 0.15) is 0 Å². The summed E-state index contributed by atoms with van der Waals surface area (Å²) in [6, 6.07) is 2.46. The van der Waals surface area contributed by atoms with Gasteiger partial charge < -0.3 is 5.32 Å². The highest BCUT2D eigenvalue weighted by Gasteiger charge is 2.20. The maximum atomic E-state index is 11.6. The van der Waals surface area contributed by atoms with Gasteiger partial charge in [0, 0.05) is 25.6 Å². The molecule has 0 saturated carbocycles. The van der Waals surface area contributed by atoms with Crippen LogP contribution in [0.1, 0.15) is 33.1 Å². The van der Waals surface area contributed by atoms with Gasteiger partial charge in [0.15, 0.2) is 0 Å². The number of nitriles is 1. The summed E-state index contributed by atoms with van der Waals surface area (Å²) in [5.41, 5.74) is 0. The topological polar surface area (TPSA) is 56.1 Å². The summed E-state index contributed by atoms with van der Waals surface area (Å²) in [5, 5.41) is 11.6. The number of carbonyl (C=O) groups excluding carboxylic acids is 1. The van der Waals surface area contributed by atoms with Crippen molar-refractivity contribution in [3.05, 3.63) is 0 Å². The number of amides is 1. The minimum Gasteiger partial charge on any atom is -0.353 e. The van der Waals surface area contributed by atoms with Crippen LogP contribution in [0, 0.1) is 17.2 Å². The molecular weight excluding hydrogens is 202 g/mol. The predicted octanol–water partition coefficient (Wildman–Crippen LogP) is 1.14. The maximum Gasteiger partial charge on any atom is 0.220 e. The van der Waals surface area contributed by atoms with Crippen molar-refractivity contribution in [2.75, 3.05) is 19.6 Å². The Morgan fingerprint density at radius 3 is 2.62 bits per heavy atom. The smallest absolute Gasteiger partial charge is 0.220 e. The molecule has 16 heavy (non-hydrogen) atoms. The number of carbonyl (C=O) groups is 1. The number of hydrogen-bond acceptors (Lipinski definition) is 3. The fourth-order valence-electron chi connectivity index (χ4n) is 1.99. The minimum atomic E-state index is 0.161. The van der Waals surface area contributed by atoms with Crippen molar-refractivity contribution >= 4 is 5.91 Å². The zero-order valence-corrected chi connectivity index (χ0v) is 10.2. The second kappa shape index (κ2) is 6.49. The van der Waals surface area contributed by atoms with Gasteiger partial charge in [-0.3, -0.25) is 9.69 Å². The van der Waals surface area contributed by atoms with Gasteiger partial charge in [0.2, 0.25) is 5.91 Å². The van der Waals surface area contributed by atoms with Crippen LogP contribution in [0.5, 0.6) is 0 Å². The Morgan fingerprint density at radius 2 is 2.12 bits per heavy atom. The third kappa shape index (κ3) is 4.63. The van der Waals surface area contributed by atoms with Crippen molar-refractivity contribution in [1.82, 2.24) is 10.2 Å². The van der Waals surface area contributed by atoms with E-state index in [1.54, 1.807) is 0 Å². The molecule has 4 nitrogen and oxygen atoms in total. The van der Waals surface area contributed by atoms with Crippen molar-refractivity contribution in [1.29, 1.82) is 5.26 Å². The number of nitrogens with zero attached hydrogens (tertiary/aromatic N) is 2. The molecule has 90 valence electrons. The molecule has 1 rings (SSSR count). The van der Waals surface area contributed by atoms with Gasteiger partial charge in [-0.05, 0) is 18.8 Å². The molecule has 0 unspecified atom stereocenters. The lowest BCUT2D eigenvalue weighted by Crippen LogP contribution is -2.44. The molecule has 1 saturated heterocycles. The highest BCUT2D eigenvalue weighted by molar-refractivity contribution is 5.76. The van der Waals surface area contributed by atoms with E-state index in [9.17, 15) is 4.79 Å². The summed E-state index contributed by atoms with van der Waals surface area (Å²) in [5.74, 6) is 0.576. The van der Waals surface area contributed by atoms with Gasteiger partial charge in [0.25, 0.3) is 0 Å². The Morgan fingerprint density at radius 1 is 1.50 bits per heavy atom. The number of likely N-dealkylation sites (tertiary alicyclic amines) is 1. The zero-order valence-electron chi connectivity index (χ0n) is 10.2. The van der Waals surface area contributed by atoms with Crippen LogP contribution in [-0.2, 0) is 4.79 Å². The van der Waals surface area contributed by atoms with Crippen LogP contribution in [-0.4, -0.2) is 36.5 Å². The fraction of sp³-hybridized carbons (Fsp3) is 0.833. The molecule has 1 aliphatic rings. The Labute approximate surface area is 97.6 Å². The second-order valence-corrected chi connectivity index (χ2v) is 4.87. The molecule has 4 heteroatoms. The Balaban J connectivity index is 2.22. The summed E-state index contributed by atoms with van der Waals surface area (Å²) in [4.78, 5) is 13.7. The highest BCUT2D eigenvalue weighted by Crippen LogP contribution is 2.10. The maximum absolute atomic E-state index is 11.6. The van der Waals surface area contributed by atoms with E-state index in [4.69, 9.17) is 5.26 Å². The number of rotatable bonds is 4. The SMILES string of the molecule is CC(C)CC(=O)NC1CCN(CC#N)CC1. The minimum absolute atomic E-state index is 0.161. The van der Waals surface area contributed by atoms with Gasteiger partial charge in [-0.25, -0.2) is 0 Å². The summed E-state index contributed by atoms with van der Waals surface area (Å²) in [6.45, 7) is 6.44. The zero-order chi connectivity index (χ0) is 12.0. The van der Waals surface area contributed by atoms with Crippen LogP contribution in [0.4, 0.5) is 0 Å². The lowest BCUT2D eigenvalue weighted by atomic mass is 10.0. The van der Waals surface area contributed by atoms with E-state index in [1.807, 2.05) is 0 Å². The molecule has 0 atom stereocenters. The molecule has 1 aliphatic heterocycles. The van der Waals surface area contributed by atoms with E-state index in [0.717, 1.165) is 25.9 Å². The number of hydrogen-bond donors (Lipinski definition) is 1. The Bertz CT molecular complexity index is 262. The standard InChI is InChI=1S/C12H21N3O/c1-10(2)9-12(16)14-11-3-6-15(7-4-11)8-5-13/h10-11H,3-4,6-9H2,1-2H3,(H,14,16). The lowest BCUT2D eigenvalue weighted by Gasteiger charge is -2.30. The molecule has 0 aromatic carbocycles. The first-order valence-electron chi connectivity index (χ1n) is 6.00. The van der Waals surface area contributed by atoms with Crippen LogP contribution in [0.15, 0.2) is 0 Å². The van der Waals surface area contributed by atoms with E-state index < -0.39 is 0 Å². The number of piperidine rings is 1. The molecule has 0 aromatic heterocycles. The van der Waals surface area contributed by atoms with Crippen molar-refractivity contribution < 1.29 is 4.79 Å². The third-order valence-corrected chi connectivity index (χ3v) is 2.84. The van der Waals surface area contributed by atoms with Gasteiger partial charge >= 0.3 is 0 Å². The van der Waals surface area contributed by atoms with Crippen LogP contribution in [0.25, 0.3) is 0 Å². The van der Waals surface area contributed by atoms with Gasteiger partial charge in [-0.15, -0.1) is 0 Å². The highest BCUT2D eigenvalue weighted by atomic mass is 16.1. The average molecular weight is 223 g/mol. The van der Waals surface area contributed by atoms with Gasteiger partial charge in [-0.1, -0.05) is 13.8 Å². The molecule has 0 radical (unpaired) electrons. The molecule has 0 bridgehead atoms.